The molecule has 0 radical (unpaired) electrons. The molecule has 0 atom stereocenters. The minimum Gasteiger partial charge on any atom is -0.370 e. The average Bonchev–Trinajstić information content (AvgIpc) is 2.06. The van der Waals surface area contributed by atoms with Gasteiger partial charge in [0, 0.05) is 18.0 Å². The Hall–Kier alpha value is -0.620. The van der Waals surface area contributed by atoms with Crippen LogP contribution in [0.1, 0.15) is 33.1 Å². The standard InChI is InChI=1S/C10H20N2O3S/c1-10(2,7-9(11)13)12-8-3-5-16(14,15)6-4-8/h8,12H,3-7H2,1-2H3,(H2,11,13). The molecule has 0 spiro atoms. The highest BCUT2D eigenvalue weighted by atomic mass is 32.2. The van der Waals surface area contributed by atoms with Crippen molar-refractivity contribution in [3.05, 3.63) is 0 Å². The smallest absolute Gasteiger partial charge is 0.219 e. The molecule has 0 aromatic heterocycles. The second-order valence-corrected chi connectivity index (χ2v) is 7.40. The topological polar surface area (TPSA) is 89.3 Å². The van der Waals surface area contributed by atoms with Gasteiger partial charge < -0.3 is 11.1 Å². The zero-order valence-corrected chi connectivity index (χ0v) is 10.6. The van der Waals surface area contributed by atoms with Crippen molar-refractivity contribution in [2.45, 2.75) is 44.7 Å². The third-order valence-corrected chi connectivity index (χ3v) is 4.48. The lowest BCUT2D eigenvalue weighted by Gasteiger charge is -2.33. The molecule has 1 heterocycles. The highest BCUT2D eigenvalue weighted by molar-refractivity contribution is 7.91. The first-order chi connectivity index (χ1) is 7.20. The highest BCUT2D eigenvalue weighted by Crippen LogP contribution is 2.17. The van der Waals surface area contributed by atoms with Gasteiger partial charge in [-0.2, -0.15) is 0 Å². The van der Waals surface area contributed by atoms with Crippen LogP contribution in [0, 0.1) is 0 Å². The van der Waals surface area contributed by atoms with Gasteiger partial charge in [-0.05, 0) is 26.7 Å². The average molecular weight is 248 g/mol. The molecule has 0 unspecified atom stereocenters. The van der Waals surface area contributed by atoms with Gasteiger partial charge in [0.2, 0.25) is 5.91 Å². The molecule has 0 aromatic rings. The van der Waals surface area contributed by atoms with Crippen LogP contribution < -0.4 is 11.1 Å². The van der Waals surface area contributed by atoms with E-state index in [-0.39, 0.29) is 35.4 Å². The highest BCUT2D eigenvalue weighted by Gasteiger charge is 2.29. The van der Waals surface area contributed by atoms with Crippen LogP contribution in [0.25, 0.3) is 0 Å². The largest absolute Gasteiger partial charge is 0.370 e. The van der Waals surface area contributed by atoms with Crippen molar-refractivity contribution in [1.29, 1.82) is 0 Å². The van der Waals surface area contributed by atoms with Gasteiger partial charge >= 0.3 is 0 Å². The van der Waals surface area contributed by atoms with Gasteiger partial charge in [0.25, 0.3) is 0 Å². The summed E-state index contributed by atoms with van der Waals surface area (Å²) in [5.74, 6) is 0.121. The van der Waals surface area contributed by atoms with E-state index in [1.54, 1.807) is 0 Å². The summed E-state index contributed by atoms with van der Waals surface area (Å²) >= 11 is 0. The molecule has 5 nitrogen and oxygen atoms in total. The molecule has 0 saturated carbocycles. The van der Waals surface area contributed by atoms with E-state index in [2.05, 4.69) is 5.32 Å². The SMILES string of the molecule is CC(C)(CC(N)=O)NC1CCS(=O)(=O)CC1. The second-order valence-electron chi connectivity index (χ2n) is 5.10. The molecule has 1 amide bonds. The molecule has 1 aliphatic rings. The van der Waals surface area contributed by atoms with Crippen molar-refractivity contribution in [2.24, 2.45) is 5.73 Å². The number of carbonyl (C=O) groups excluding carboxylic acids is 1. The van der Waals surface area contributed by atoms with Gasteiger partial charge in [-0.3, -0.25) is 4.79 Å². The molecule has 0 aromatic carbocycles. The van der Waals surface area contributed by atoms with Crippen molar-refractivity contribution in [1.82, 2.24) is 5.32 Å². The van der Waals surface area contributed by atoms with Crippen molar-refractivity contribution < 1.29 is 13.2 Å². The van der Waals surface area contributed by atoms with Gasteiger partial charge in [0.15, 0.2) is 0 Å². The maximum Gasteiger partial charge on any atom is 0.219 e. The molecular weight excluding hydrogens is 228 g/mol. The van der Waals surface area contributed by atoms with E-state index in [4.69, 9.17) is 5.73 Å². The van der Waals surface area contributed by atoms with Crippen molar-refractivity contribution >= 4 is 15.7 Å². The first kappa shape index (κ1) is 13.4. The van der Waals surface area contributed by atoms with Crippen molar-refractivity contribution in [2.75, 3.05) is 11.5 Å². The molecule has 0 bridgehead atoms. The van der Waals surface area contributed by atoms with Gasteiger partial charge in [-0.1, -0.05) is 0 Å². The molecule has 6 heteroatoms. The summed E-state index contributed by atoms with van der Waals surface area (Å²) in [7, 11) is -2.83. The molecule has 1 rings (SSSR count). The van der Waals surface area contributed by atoms with Crippen LogP contribution in [0.4, 0.5) is 0 Å². The van der Waals surface area contributed by atoms with Gasteiger partial charge in [-0.25, -0.2) is 8.42 Å². The molecule has 16 heavy (non-hydrogen) atoms. The Kier molecular flexibility index (Phi) is 3.96. The summed E-state index contributed by atoms with van der Waals surface area (Å²) in [6.07, 6.45) is 1.49. The summed E-state index contributed by atoms with van der Waals surface area (Å²) in [5.41, 5.74) is 4.79. The lowest BCUT2D eigenvalue weighted by Crippen LogP contribution is -2.50. The number of rotatable bonds is 4. The van der Waals surface area contributed by atoms with E-state index in [9.17, 15) is 13.2 Å². The fourth-order valence-corrected chi connectivity index (χ4v) is 3.56. The zero-order valence-electron chi connectivity index (χ0n) is 9.82. The third-order valence-electron chi connectivity index (χ3n) is 2.77. The summed E-state index contributed by atoms with van der Waals surface area (Å²) < 4.78 is 22.5. The van der Waals surface area contributed by atoms with Crippen LogP contribution in [-0.4, -0.2) is 37.4 Å². The van der Waals surface area contributed by atoms with E-state index >= 15 is 0 Å². The summed E-state index contributed by atoms with van der Waals surface area (Å²) in [4.78, 5) is 10.8. The molecule has 94 valence electrons. The first-order valence-electron chi connectivity index (χ1n) is 5.47. The fraction of sp³-hybridized carbons (Fsp3) is 0.900. The van der Waals surface area contributed by atoms with E-state index in [1.165, 1.54) is 0 Å². The Labute approximate surface area is 96.7 Å². The number of sulfone groups is 1. The van der Waals surface area contributed by atoms with E-state index in [1.807, 2.05) is 13.8 Å². The minimum atomic E-state index is -2.83. The Morgan fingerprint density at radius 3 is 2.31 bits per heavy atom. The van der Waals surface area contributed by atoms with E-state index in [0.717, 1.165) is 0 Å². The third kappa shape index (κ3) is 4.49. The summed E-state index contributed by atoms with van der Waals surface area (Å²) in [6.45, 7) is 3.81. The van der Waals surface area contributed by atoms with Crippen LogP contribution in [0.15, 0.2) is 0 Å². The molecule has 1 fully saturated rings. The Bertz CT molecular complexity index is 348. The molecular formula is C10H20N2O3S. The van der Waals surface area contributed by atoms with Crippen LogP contribution in [0.5, 0.6) is 0 Å². The molecule has 1 aliphatic heterocycles. The lowest BCUT2D eigenvalue weighted by molar-refractivity contribution is -0.119. The number of nitrogens with one attached hydrogen (secondary N) is 1. The lowest BCUT2D eigenvalue weighted by atomic mass is 9.97. The fourth-order valence-electron chi connectivity index (χ4n) is 2.07. The van der Waals surface area contributed by atoms with Crippen molar-refractivity contribution in [3.63, 3.8) is 0 Å². The Morgan fingerprint density at radius 1 is 1.38 bits per heavy atom. The molecule has 3 N–H and O–H groups in total. The second kappa shape index (κ2) is 4.71. The quantitative estimate of drug-likeness (QED) is 0.721. The number of primary amides is 1. The van der Waals surface area contributed by atoms with Crippen molar-refractivity contribution in [3.8, 4) is 0 Å². The molecule has 1 saturated heterocycles. The van der Waals surface area contributed by atoms with Gasteiger partial charge in [0.1, 0.15) is 9.84 Å². The van der Waals surface area contributed by atoms with Gasteiger partial charge in [-0.15, -0.1) is 0 Å². The summed E-state index contributed by atoms with van der Waals surface area (Å²) in [5, 5.41) is 3.30. The Morgan fingerprint density at radius 2 is 1.88 bits per heavy atom. The number of carbonyl (C=O) groups is 1. The maximum atomic E-state index is 11.2. The first-order valence-corrected chi connectivity index (χ1v) is 7.29. The zero-order chi connectivity index (χ0) is 12.4. The Balaban J connectivity index is 2.47. The predicted molar refractivity (Wildman–Crippen MR) is 62.7 cm³/mol. The minimum absolute atomic E-state index is 0.165. The number of hydrogen-bond acceptors (Lipinski definition) is 4. The number of nitrogens with two attached hydrogens (primary N) is 1. The normalized spacial score (nSPS) is 21.9. The maximum absolute atomic E-state index is 11.2. The monoisotopic (exact) mass is 248 g/mol. The number of amides is 1. The van der Waals surface area contributed by atoms with Crippen LogP contribution >= 0.6 is 0 Å². The predicted octanol–water partition coefficient (Wildman–Crippen LogP) is -0.193. The summed E-state index contributed by atoms with van der Waals surface area (Å²) in [6, 6.07) is 0.165. The van der Waals surface area contributed by atoms with Crippen LogP contribution in [-0.2, 0) is 14.6 Å². The van der Waals surface area contributed by atoms with E-state index < -0.39 is 9.84 Å². The molecule has 0 aliphatic carbocycles. The van der Waals surface area contributed by atoms with Crippen LogP contribution in [0.3, 0.4) is 0 Å². The van der Waals surface area contributed by atoms with Gasteiger partial charge in [0.05, 0.1) is 11.5 Å². The van der Waals surface area contributed by atoms with E-state index in [0.29, 0.717) is 12.8 Å². The van der Waals surface area contributed by atoms with Crippen LogP contribution in [0.2, 0.25) is 0 Å². The number of hydrogen-bond donors (Lipinski definition) is 2.